The molecule has 2 heterocycles. The molecule has 0 unspecified atom stereocenters. The third-order valence-electron chi connectivity index (χ3n) is 4.83. The van der Waals surface area contributed by atoms with Gasteiger partial charge < -0.3 is 5.32 Å². The summed E-state index contributed by atoms with van der Waals surface area (Å²) in [6.45, 7) is 0.570. The lowest BCUT2D eigenvalue weighted by Crippen LogP contribution is -2.43. The fourth-order valence-corrected chi connectivity index (χ4v) is 5.60. The first kappa shape index (κ1) is 19.3. The second-order valence-electron chi connectivity index (χ2n) is 6.72. The zero-order valence-corrected chi connectivity index (χ0v) is 17.2. The van der Waals surface area contributed by atoms with E-state index in [1.807, 2.05) is 18.2 Å². The van der Waals surface area contributed by atoms with E-state index in [0.717, 1.165) is 10.1 Å². The SMILES string of the molecule is O=C(Nc1ccc2sncc2c1)[C@H]1CCCN(S(=O)(=O)c2ccc(Cl)cc2)C1. The van der Waals surface area contributed by atoms with Gasteiger partial charge in [-0.1, -0.05) is 11.6 Å². The molecule has 28 heavy (non-hydrogen) atoms. The van der Waals surface area contributed by atoms with Crippen LogP contribution in [0.25, 0.3) is 10.1 Å². The Labute approximate surface area is 172 Å². The van der Waals surface area contributed by atoms with E-state index in [0.29, 0.717) is 30.1 Å². The van der Waals surface area contributed by atoms with Crippen LogP contribution in [0.2, 0.25) is 5.02 Å². The molecule has 0 radical (unpaired) electrons. The van der Waals surface area contributed by atoms with Gasteiger partial charge in [0, 0.05) is 35.4 Å². The number of sulfonamides is 1. The number of rotatable bonds is 4. The van der Waals surface area contributed by atoms with Gasteiger partial charge >= 0.3 is 0 Å². The third-order valence-corrected chi connectivity index (χ3v) is 7.74. The van der Waals surface area contributed by atoms with Crippen molar-refractivity contribution >= 4 is 54.8 Å². The largest absolute Gasteiger partial charge is 0.326 e. The second kappa shape index (κ2) is 7.79. The van der Waals surface area contributed by atoms with Crippen molar-refractivity contribution in [3.05, 3.63) is 53.7 Å². The van der Waals surface area contributed by atoms with Crippen LogP contribution < -0.4 is 5.32 Å². The van der Waals surface area contributed by atoms with Gasteiger partial charge in [-0.15, -0.1) is 0 Å². The smallest absolute Gasteiger partial charge is 0.243 e. The van der Waals surface area contributed by atoms with E-state index >= 15 is 0 Å². The predicted molar refractivity (Wildman–Crippen MR) is 111 cm³/mol. The summed E-state index contributed by atoms with van der Waals surface area (Å²) in [7, 11) is -3.65. The van der Waals surface area contributed by atoms with Crippen LogP contribution in [0.4, 0.5) is 5.69 Å². The number of carbonyl (C=O) groups is 1. The summed E-state index contributed by atoms with van der Waals surface area (Å²) in [6, 6.07) is 11.7. The van der Waals surface area contributed by atoms with E-state index in [-0.39, 0.29) is 17.3 Å². The Balaban J connectivity index is 1.48. The molecule has 1 aliphatic heterocycles. The van der Waals surface area contributed by atoms with E-state index in [9.17, 15) is 13.2 Å². The van der Waals surface area contributed by atoms with Gasteiger partial charge in [-0.25, -0.2) is 8.42 Å². The summed E-state index contributed by atoms with van der Waals surface area (Å²) in [5.74, 6) is -0.564. The topological polar surface area (TPSA) is 79.4 Å². The maximum atomic E-state index is 12.9. The van der Waals surface area contributed by atoms with Crippen LogP contribution in [-0.2, 0) is 14.8 Å². The van der Waals surface area contributed by atoms with Gasteiger partial charge in [0.15, 0.2) is 0 Å². The third kappa shape index (κ3) is 3.91. The van der Waals surface area contributed by atoms with Crippen molar-refractivity contribution in [2.45, 2.75) is 17.7 Å². The molecule has 1 atom stereocenters. The van der Waals surface area contributed by atoms with Gasteiger partial charge in [0.05, 0.1) is 15.5 Å². The molecule has 1 aliphatic rings. The molecule has 1 saturated heterocycles. The molecule has 1 amide bonds. The molecule has 1 aromatic heterocycles. The molecule has 146 valence electrons. The average molecular weight is 436 g/mol. The number of aromatic nitrogens is 1. The maximum absolute atomic E-state index is 12.9. The first-order valence-corrected chi connectivity index (χ1v) is 11.4. The number of piperidine rings is 1. The molecular formula is C19H18ClN3O3S2. The molecule has 0 saturated carbocycles. The Morgan fingerprint density at radius 1 is 1.21 bits per heavy atom. The van der Waals surface area contributed by atoms with E-state index < -0.39 is 15.9 Å². The first-order chi connectivity index (χ1) is 13.4. The standard InChI is InChI=1S/C19H18ClN3O3S2/c20-15-3-6-17(7-4-15)28(25,26)23-9-1-2-13(12-23)19(24)22-16-5-8-18-14(10-16)11-21-27-18/h3-8,10-11,13H,1-2,9,12H2,(H,22,24)/t13-/m0/s1. The highest BCUT2D eigenvalue weighted by atomic mass is 35.5. The summed E-state index contributed by atoms with van der Waals surface area (Å²) < 4.78 is 32.3. The molecule has 1 fully saturated rings. The number of amides is 1. The summed E-state index contributed by atoms with van der Waals surface area (Å²) >= 11 is 7.25. The number of fused-ring (bicyclic) bond motifs is 1. The van der Waals surface area contributed by atoms with Crippen molar-refractivity contribution in [1.29, 1.82) is 0 Å². The Kier molecular flexibility index (Phi) is 5.37. The van der Waals surface area contributed by atoms with Gasteiger partial charge in [-0.05, 0) is 66.8 Å². The summed E-state index contributed by atoms with van der Waals surface area (Å²) in [5.41, 5.74) is 0.690. The van der Waals surface area contributed by atoms with Crippen LogP contribution in [-0.4, -0.2) is 36.1 Å². The van der Waals surface area contributed by atoms with Gasteiger partial charge in [-0.3, -0.25) is 4.79 Å². The van der Waals surface area contributed by atoms with E-state index in [4.69, 9.17) is 11.6 Å². The molecule has 2 aromatic carbocycles. The minimum absolute atomic E-state index is 0.166. The van der Waals surface area contributed by atoms with E-state index in [1.165, 1.54) is 28.0 Å². The Morgan fingerprint density at radius 3 is 2.79 bits per heavy atom. The van der Waals surface area contributed by atoms with E-state index in [2.05, 4.69) is 9.69 Å². The Morgan fingerprint density at radius 2 is 2.00 bits per heavy atom. The highest BCUT2D eigenvalue weighted by Crippen LogP contribution is 2.27. The van der Waals surface area contributed by atoms with Gasteiger partial charge in [0.25, 0.3) is 0 Å². The number of anilines is 1. The molecule has 9 heteroatoms. The number of halogens is 1. The van der Waals surface area contributed by atoms with Crippen molar-refractivity contribution in [3.63, 3.8) is 0 Å². The molecule has 1 N–H and O–H groups in total. The van der Waals surface area contributed by atoms with Crippen LogP contribution in [0.1, 0.15) is 12.8 Å². The predicted octanol–water partition coefficient (Wildman–Crippen LogP) is 3.99. The highest BCUT2D eigenvalue weighted by Gasteiger charge is 2.33. The zero-order chi connectivity index (χ0) is 19.7. The van der Waals surface area contributed by atoms with Gasteiger partial charge in [0.1, 0.15) is 0 Å². The number of benzene rings is 2. The van der Waals surface area contributed by atoms with Gasteiger partial charge in [-0.2, -0.15) is 8.68 Å². The van der Waals surface area contributed by atoms with Crippen molar-refractivity contribution < 1.29 is 13.2 Å². The molecule has 0 spiro atoms. The Hall–Kier alpha value is -2.00. The average Bonchev–Trinajstić information content (AvgIpc) is 3.16. The van der Waals surface area contributed by atoms with Crippen molar-refractivity contribution in [2.75, 3.05) is 18.4 Å². The van der Waals surface area contributed by atoms with Crippen LogP contribution >= 0.6 is 23.1 Å². The van der Waals surface area contributed by atoms with Crippen LogP contribution in [0.5, 0.6) is 0 Å². The molecule has 6 nitrogen and oxygen atoms in total. The molecule has 4 rings (SSSR count). The lowest BCUT2D eigenvalue weighted by molar-refractivity contribution is -0.120. The summed E-state index contributed by atoms with van der Waals surface area (Å²) in [6.07, 6.45) is 3.05. The van der Waals surface area contributed by atoms with E-state index in [1.54, 1.807) is 18.3 Å². The summed E-state index contributed by atoms with van der Waals surface area (Å²) in [5, 5.41) is 4.36. The number of hydrogen-bond donors (Lipinski definition) is 1. The van der Waals surface area contributed by atoms with Crippen molar-refractivity contribution in [3.8, 4) is 0 Å². The number of nitrogens with one attached hydrogen (secondary N) is 1. The molecule has 3 aromatic rings. The van der Waals surface area contributed by atoms with Crippen LogP contribution in [0.15, 0.2) is 53.6 Å². The van der Waals surface area contributed by atoms with Crippen LogP contribution in [0.3, 0.4) is 0 Å². The molecular weight excluding hydrogens is 418 g/mol. The lowest BCUT2D eigenvalue weighted by Gasteiger charge is -2.31. The zero-order valence-electron chi connectivity index (χ0n) is 14.8. The van der Waals surface area contributed by atoms with Gasteiger partial charge in [0.2, 0.25) is 15.9 Å². The van der Waals surface area contributed by atoms with Crippen LogP contribution in [0, 0.1) is 5.92 Å². The summed E-state index contributed by atoms with van der Waals surface area (Å²) in [4.78, 5) is 12.9. The monoisotopic (exact) mass is 435 g/mol. The molecule has 0 bridgehead atoms. The minimum atomic E-state index is -3.65. The fraction of sp³-hybridized carbons (Fsp3) is 0.263. The molecule has 0 aliphatic carbocycles. The Bertz CT molecular complexity index is 1110. The van der Waals surface area contributed by atoms with Crippen molar-refractivity contribution in [1.82, 2.24) is 8.68 Å². The maximum Gasteiger partial charge on any atom is 0.243 e. The second-order valence-corrected chi connectivity index (χ2v) is 9.93. The number of nitrogens with zero attached hydrogens (tertiary/aromatic N) is 2. The van der Waals surface area contributed by atoms with Crippen molar-refractivity contribution in [2.24, 2.45) is 5.92 Å². The lowest BCUT2D eigenvalue weighted by atomic mass is 9.98. The quantitative estimate of drug-likeness (QED) is 0.672. The minimum Gasteiger partial charge on any atom is -0.326 e. The normalized spacial score (nSPS) is 18.2. The number of carbonyl (C=O) groups excluding carboxylic acids is 1. The highest BCUT2D eigenvalue weighted by molar-refractivity contribution is 7.89. The number of hydrogen-bond acceptors (Lipinski definition) is 5. The fourth-order valence-electron chi connectivity index (χ4n) is 3.32. The first-order valence-electron chi connectivity index (χ1n) is 8.84.